The van der Waals surface area contributed by atoms with E-state index in [1.807, 2.05) is 16.4 Å². The molecule has 0 bridgehead atoms. The number of rotatable bonds is 10. The Bertz CT molecular complexity index is 2620. The summed E-state index contributed by atoms with van der Waals surface area (Å²) in [5, 5.41) is 38.3. The normalized spacial score (nSPS) is 24.3. The van der Waals surface area contributed by atoms with Crippen LogP contribution in [-0.4, -0.2) is 127 Å². The van der Waals surface area contributed by atoms with Gasteiger partial charge in [0.15, 0.2) is 11.4 Å². The average Bonchev–Trinajstić information content (AvgIpc) is 3.20. The number of benzene rings is 2. The number of nitrogens with one attached hydrogen (secondary N) is 1. The number of carbonyl (C=O) groups excluding carboxylic acids is 5. The Labute approximate surface area is 358 Å². The molecule has 0 radical (unpaired) electrons. The number of hydrogen-bond donors (Lipinski definition) is 5. The number of esters is 2. The highest BCUT2D eigenvalue weighted by atomic mass is 32.2. The van der Waals surface area contributed by atoms with Gasteiger partial charge in [0, 0.05) is 69.3 Å². The molecule has 0 saturated carbocycles. The van der Waals surface area contributed by atoms with Gasteiger partial charge in [0.05, 0.1) is 39.8 Å². The number of fused-ring (bicyclic) bond motifs is 6. The molecule has 5 aliphatic rings. The van der Waals surface area contributed by atoms with Gasteiger partial charge >= 0.3 is 11.9 Å². The van der Waals surface area contributed by atoms with E-state index >= 15 is 4.39 Å². The highest BCUT2D eigenvalue weighted by molar-refractivity contribution is 8.00. The molecule has 1 aromatic heterocycles. The van der Waals surface area contributed by atoms with Crippen molar-refractivity contribution in [2.75, 3.05) is 70.8 Å². The summed E-state index contributed by atoms with van der Waals surface area (Å²) in [6.45, 7) is 4.23. The number of primary amides is 1. The molecule has 3 aromatic rings. The van der Waals surface area contributed by atoms with Gasteiger partial charge < -0.3 is 50.2 Å². The second kappa shape index (κ2) is 15.9. The SMILES string of the molecule is CC1Sc2c(C(=O)OCCCC(=O)Oc3ccc(N(C)C)c4c3C(=O)C3=C(O)[C@@]5(O)C(=O)C(C(N)=O)=C(O)[C@H](N(C)C)[C@H]5C[C@H]3C4)c(=O)c3cc(F)c(N4CCNCC4)cc3n21. The Morgan fingerprint density at radius 3 is 2.44 bits per heavy atom. The van der Waals surface area contributed by atoms with Crippen LogP contribution in [0.25, 0.3) is 10.9 Å². The fourth-order valence-corrected chi connectivity index (χ4v) is 10.9. The fraction of sp³-hybridized carbons (Fsp3) is 0.442. The molecule has 19 heteroatoms. The van der Waals surface area contributed by atoms with Gasteiger partial charge in [0.25, 0.3) is 5.91 Å². The van der Waals surface area contributed by atoms with Crippen molar-refractivity contribution in [1.82, 2.24) is 14.8 Å². The number of allylic oxidation sites excluding steroid dienone is 1. The van der Waals surface area contributed by atoms with Crippen molar-refractivity contribution in [3.63, 3.8) is 0 Å². The lowest BCUT2D eigenvalue weighted by molar-refractivity contribution is -0.148. The predicted molar refractivity (Wildman–Crippen MR) is 225 cm³/mol. The molecule has 0 spiro atoms. The molecular formula is C43H47FN6O11S. The second-order valence-corrected chi connectivity index (χ2v) is 18.0. The first kappa shape index (κ1) is 42.9. The number of likely N-dealkylation sites (N-methyl/N-ethyl adjacent to an activating group) is 1. The standard InChI is InChI=1S/C43H47FN6O11S/c1-19-50-26-18-27(49-12-10-46-11-13-49)24(44)17-22(26)35(52)33(41(50)62-19)42(58)60-14-6-7-29(51)61-28-9-8-25(47(2)3)21-15-20-16-23-34(48(4)5)37(54)32(40(45)57)39(56)43(23,59)38(55)30(20)36(53)31(21)28/h8-9,17-20,23,34,46,54-55,59H,6-7,10-16H2,1-5H3,(H2,45,57)/t19?,20-,23-,34-,43-/m1/s1. The summed E-state index contributed by atoms with van der Waals surface area (Å²) in [6, 6.07) is 4.79. The number of pyridine rings is 1. The molecule has 6 N–H and O–H groups in total. The van der Waals surface area contributed by atoms with E-state index in [-0.39, 0.29) is 65.5 Å². The van der Waals surface area contributed by atoms with E-state index in [2.05, 4.69) is 5.32 Å². The first-order valence-electron chi connectivity index (χ1n) is 20.3. The third-order valence-electron chi connectivity index (χ3n) is 12.6. The van der Waals surface area contributed by atoms with Crippen LogP contribution in [0, 0.1) is 17.7 Å². The van der Waals surface area contributed by atoms with E-state index in [4.69, 9.17) is 15.2 Å². The number of ketones is 2. The monoisotopic (exact) mass is 874 g/mol. The summed E-state index contributed by atoms with van der Waals surface area (Å²) >= 11 is 1.32. The number of nitrogens with two attached hydrogens (primary N) is 1. The molecule has 62 heavy (non-hydrogen) atoms. The Morgan fingerprint density at radius 2 is 1.79 bits per heavy atom. The summed E-state index contributed by atoms with van der Waals surface area (Å²) in [4.78, 5) is 86.1. The molecule has 1 amide bonds. The van der Waals surface area contributed by atoms with Crippen molar-refractivity contribution in [2.45, 2.75) is 54.6 Å². The zero-order valence-electron chi connectivity index (χ0n) is 34.7. The Hall–Kier alpha value is -5.76. The minimum Gasteiger partial charge on any atom is -0.510 e. The molecule has 1 fully saturated rings. The van der Waals surface area contributed by atoms with Crippen LogP contribution in [0.3, 0.4) is 0 Å². The van der Waals surface area contributed by atoms with Gasteiger partial charge in [-0.25, -0.2) is 9.18 Å². The molecule has 17 nitrogen and oxygen atoms in total. The molecule has 8 rings (SSSR count). The van der Waals surface area contributed by atoms with E-state index in [0.29, 0.717) is 53.7 Å². The number of aromatic nitrogens is 1. The number of carbonyl (C=O) groups is 5. The number of thioether (sulfide) groups is 1. The third-order valence-corrected chi connectivity index (χ3v) is 13.7. The topological polar surface area (TPSA) is 234 Å². The van der Waals surface area contributed by atoms with Crippen molar-refractivity contribution < 1.29 is 53.2 Å². The molecule has 2 aliphatic heterocycles. The number of anilines is 2. The maximum absolute atomic E-state index is 15.4. The van der Waals surface area contributed by atoms with Crippen LogP contribution in [0.15, 0.2) is 56.8 Å². The third kappa shape index (κ3) is 6.63. The van der Waals surface area contributed by atoms with Crippen LogP contribution in [0.5, 0.6) is 5.75 Å². The molecule has 5 atom stereocenters. The van der Waals surface area contributed by atoms with Gasteiger partial charge in [0.1, 0.15) is 34.2 Å². The van der Waals surface area contributed by atoms with Crippen molar-refractivity contribution >= 4 is 63.5 Å². The Morgan fingerprint density at radius 1 is 1.08 bits per heavy atom. The summed E-state index contributed by atoms with van der Waals surface area (Å²) in [5.74, 6) is -9.41. The minimum absolute atomic E-state index is 0.0278. The highest BCUT2D eigenvalue weighted by Gasteiger charge is 2.63. The van der Waals surface area contributed by atoms with E-state index in [0.717, 1.165) is 0 Å². The summed E-state index contributed by atoms with van der Waals surface area (Å²) in [6.07, 6.45) is -0.248. The number of aliphatic hydroxyl groups is 3. The number of piperazine rings is 1. The summed E-state index contributed by atoms with van der Waals surface area (Å²) in [7, 11) is 6.63. The van der Waals surface area contributed by atoms with Gasteiger partial charge in [-0.15, -0.1) is 0 Å². The van der Waals surface area contributed by atoms with Gasteiger partial charge in [-0.3, -0.25) is 28.9 Å². The lowest BCUT2D eigenvalue weighted by Gasteiger charge is -2.50. The molecule has 1 saturated heterocycles. The molecular weight excluding hydrogens is 828 g/mol. The second-order valence-electron chi connectivity index (χ2n) is 16.7. The van der Waals surface area contributed by atoms with Crippen LogP contribution in [0.2, 0.25) is 0 Å². The van der Waals surface area contributed by atoms with Crippen LogP contribution in [0.4, 0.5) is 15.8 Å². The largest absolute Gasteiger partial charge is 0.510 e. The number of Topliss-reactive ketones (excluding diaryl/α,β-unsaturated/α-hetero) is 2. The van der Waals surface area contributed by atoms with Crippen LogP contribution in [-0.2, 0) is 25.5 Å². The smallest absolute Gasteiger partial charge is 0.344 e. The Balaban J connectivity index is 1.01. The number of halogens is 1. The highest BCUT2D eigenvalue weighted by Crippen LogP contribution is 2.53. The van der Waals surface area contributed by atoms with Crippen LogP contribution in [0.1, 0.15) is 57.8 Å². The molecule has 2 aromatic carbocycles. The van der Waals surface area contributed by atoms with Gasteiger partial charge in [-0.1, -0.05) is 11.8 Å². The van der Waals surface area contributed by atoms with Crippen molar-refractivity contribution in [2.24, 2.45) is 17.6 Å². The molecule has 1 unspecified atom stereocenters. The van der Waals surface area contributed by atoms with E-state index < -0.39 is 81.2 Å². The number of aliphatic hydroxyl groups excluding tert-OH is 2. The van der Waals surface area contributed by atoms with E-state index in [9.17, 15) is 44.1 Å². The van der Waals surface area contributed by atoms with Gasteiger partial charge in [0.2, 0.25) is 11.2 Å². The maximum atomic E-state index is 15.4. The van der Waals surface area contributed by atoms with Crippen LogP contribution >= 0.6 is 11.8 Å². The Kier molecular flexibility index (Phi) is 11.0. The lowest BCUT2D eigenvalue weighted by atomic mass is 9.58. The summed E-state index contributed by atoms with van der Waals surface area (Å²) < 4.78 is 28.4. The number of amides is 1. The molecule has 3 aliphatic carbocycles. The maximum Gasteiger partial charge on any atom is 0.344 e. The molecule has 3 heterocycles. The zero-order chi connectivity index (χ0) is 44.7. The quantitative estimate of drug-likeness (QED) is 0.0852. The molecule has 328 valence electrons. The van der Waals surface area contributed by atoms with E-state index in [1.165, 1.54) is 28.8 Å². The van der Waals surface area contributed by atoms with Crippen molar-refractivity contribution in [3.05, 3.63) is 79.7 Å². The first-order valence-corrected chi connectivity index (χ1v) is 21.2. The first-order chi connectivity index (χ1) is 29.4. The number of nitrogens with zero attached hydrogens (tertiary/aromatic N) is 4. The number of ether oxygens (including phenoxy) is 2. The zero-order valence-corrected chi connectivity index (χ0v) is 35.6. The number of hydrogen-bond acceptors (Lipinski definition) is 16. The fourth-order valence-electron chi connectivity index (χ4n) is 9.72. The van der Waals surface area contributed by atoms with Crippen molar-refractivity contribution in [1.29, 1.82) is 0 Å². The van der Waals surface area contributed by atoms with E-state index in [1.54, 1.807) is 45.2 Å². The minimum atomic E-state index is -2.78. The van der Waals surface area contributed by atoms with Crippen LogP contribution < -0.4 is 31.0 Å². The van der Waals surface area contributed by atoms with Crippen molar-refractivity contribution in [3.8, 4) is 5.75 Å². The van der Waals surface area contributed by atoms with Gasteiger partial charge in [-0.05, 0) is 76.0 Å². The van der Waals surface area contributed by atoms with Gasteiger partial charge in [-0.2, -0.15) is 0 Å². The lowest BCUT2D eigenvalue weighted by Crippen LogP contribution is -2.63. The summed E-state index contributed by atoms with van der Waals surface area (Å²) in [5.41, 5.74) is 2.55. The predicted octanol–water partition coefficient (Wildman–Crippen LogP) is 2.51. The average molecular weight is 875 g/mol.